The standard InChI is InChI=1S/C9H16N4O3S2/c1-5(9(14)13(2)3)11-8-6(18(4,15)16)7(10)12-17-8/h5,11H,1-4H3,(H2,10,12). The zero-order chi connectivity index (χ0) is 14.1. The maximum atomic E-state index is 11.7. The summed E-state index contributed by atoms with van der Waals surface area (Å²) in [6, 6.07) is -0.555. The van der Waals surface area contributed by atoms with Gasteiger partial charge >= 0.3 is 0 Å². The summed E-state index contributed by atoms with van der Waals surface area (Å²) < 4.78 is 26.9. The first-order valence-corrected chi connectivity index (χ1v) is 7.74. The Morgan fingerprint density at radius 2 is 2.06 bits per heavy atom. The molecule has 1 heterocycles. The summed E-state index contributed by atoms with van der Waals surface area (Å²) in [5.74, 6) is -0.212. The van der Waals surface area contributed by atoms with Crippen molar-refractivity contribution >= 4 is 38.1 Å². The van der Waals surface area contributed by atoms with Gasteiger partial charge in [-0.25, -0.2) is 8.42 Å². The van der Waals surface area contributed by atoms with Crippen LogP contribution in [0.3, 0.4) is 0 Å². The van der Waals surface area contributed by atoms with Crippen LogP contribution in [0.5, 0.6) is 0 Å². The van der Waals surface area contributed by atoms with Crippen LogP contribution in [-0.4, -0.2) is 50.0 Å². The van der Waals surface area contributed by atoms with Crippen LogP contribution in [-0.2, 0) is 14.6 Å². The molecular formula is C9H16N4O3S2. The second-order valence-electron chi connectivity index (χ2n) is 4.10. The number of nitrogen functional groups attached to an aromatic ring is 1. The van der Waals surface area contributed by atoms with E-state index in [-0.39, 0.29) is 21.6 Å². The molecule has 1 aromatic rings. The summed E-state index contributed by atoms with van der Waals surface area (Å²) in [4.78, 5) is 13.1. The number of rotatable bonds is 4. The Labute approximate surface area is 110 Å². The number of aromatic nitrogens is 1. The quantitative estimate of drug-likeness (QED) is 0.810. The number of carbonyl (C=O) groups is 1. The van der Waals surface area contributed by atoms with Crippen molar-refractivity contribution in [1.29, 1.82) is 0 Å². The Morgan fingerprint density at radius 1 is 1.50 bits per heavy atom. The van der Waals surface area contributed by atoms with Gasteiger partial charge in [0.2, 0.25) is 5.91 Å². The predicted octanol–water partition coefficient (Wildman–Crippen LogP) is 0.0174. The SMILES string of the molecule is CC(Nc1snc(N)c1S(C)(=O)=O)C(=O)N(C)C. The Hall–Kier alpha value is -1.35. The lowest BCUT2D eigenvalue weighted by Gasteiger charge is -2.18. The zero-order valence-corrected chi connectivity index (χ0v) is 12.2. The number of hydrogen-bond acceptors (Lipinski definition) is 7. The zero-order valence-electron chi connectivity index (χ0n) is 10.6. The summed E-state index contributed by atoms with van der Waals surface area (Å²) >= 11 is 0.924. The van der Waals surface area contributed by atoms with Crippen LogP contribution in [0.1, 0.15) is 6.92 Å². The molecule has 0 aliphatic carbocycles. The monoisotopic (exact) mass is 292 g/mol. The lowest BCUT2D eigenvalue weighted by Crippen LogP contribution is -2.36. The molecule has 1 atom stereocenters. The molecule has 3 N–H and O–H groups in total. The minimum absolute atomic E-state index is 0.0468. The molecule has 0 aromatic carbocycles. The summed E-state index contributed by atoms with van der Waals surface area (Å²) in [7, 11) is -0.229. The fraction of sp³-hybridized carbons (Fsp3) is 0.556. The van der Waals surface area contributed by atoms with Crippen molar-refractivity contribution in [2.75, 3.05) is 31.4 Å². The molecule has 1 unspecified atom stereocenters. The minimum atomic E-state index is -3.48. The van der Waals surface area contributed by atoms with E-state index in [0.717, 1.165) is 17.8 Å². The molecule has 18 heavy (non-hydrogen) atoms. The average molecular weight is 292 g/mol. The molecule has 0 fully saturated rings. The smallest absolute Gasteiger partial charge is 0.244 e. The van der Waals surface area contributed by atoms with E-state index in [0.29, 0.717) is 0 Å². The van der Waals surface area contributed by atoms with Gasteiger partial charge in [-0.05, 0) is 18.5 Å². The van der Waals surface area contributed by atoms with Gasteiger partial charge in [-0.2, -0.15) is 4.37 Å². The van der Waals surface area contributed by atoms with Crippen molar-refractivity contribution in [2.24, 2.45) is 0 Å². The lowest BCUT2D eigenvalue weighted by atomic mass is 10.3. The highest BCUT2D eigenvalue weighted by molar-refractivity contribution is 7.91. The van der Waals surface area contributed by atoms with Crippen LogP contribution in [0.4, 0.5) is 10.8 Å². The third-order valence-corrected chi connectivity index (χ3v) is 4.28. The van der Waals surface area contributed by atoms with Crippen LogP contribution >= 0.6 is 11.5 Å². The maximum Gasteiger partial charge on any atom is 0.244 e. The first-order chi connectivity index (χ1) is 8.14. The molecule has 9 heteroatoms. The molecule has 0 aliphatic rings. The number of sulfone groups is 1. The average Bonchev–Trinajstić information content (AvgIpc) is 2.57. The summed E-state index contributed by atoms with van der Waals surface area (Å²) in [5.41, 5.74) is 5.52. The van der Waals surface area contributed by atoms with Gasteiger partial charge in [-0.3, -0.25) is 4.79 Å². The van der Waals surface area contributed by atoms with E-state index >= 15 is 0 Å². The first-order valence-electron chi connectivity index (χ1n) is 5.07. The predicted molar refractivity (Wildman–Crippen MR) is 71.4 cm³/mol. The molecule has 1 rings (SSSR count). The van der Waals surface area contributed by atoms with Crippen molar-refractivity contribution in [3.05, 3.63) is 0 Å². The van der Waals surface area contributed by atoms with Crippen LogP contribution in [0.25, 0.3) is 0 Å². The van der Waals surface area contributed by atoms with Gasteiger partial charge in [0, 0.05) is 20.4 Å². The van der Waals surface area contributed by atoms with E-state index in [1.807, 2.05) is 0 Å². The Bertz CT molecular complexity index is 550. The van der Waals surface area contributed by atoms with Crippen LogP contribution in [0, 0.1) is 0 Å². The van der Waals surface area contributed by atoms with Gasteiger partial charge in [0.15, 0.2) is 15.7 Å². The van der Waals surface area contributed by atoms with Gasteiger partial charge < -0.3 is 16.0 Å². The Morgan fingerprint density at radius 3 is 2.50 bits per heavy atom. The molecule has 0 radical (unpaired) electrons. The van der Waals surface area contributed by atoms with E-state index < -0.39 is 15.9 Å². The molecular weight excluding hydrogens is 276 g/mol. The van der Waals surface area contributed by atoms with E-state index in [4.69, 9.17) is 5.73 Å². The number of anilines is 2. The second kappa shape index (κ2) is 5.11. The molecule has 0 saturated carbocycles. The van der Waals surface area contributed by atoms with Gasteiger partial charge in [0.1, 0.15) is 15.9 Å². The topological polar surface area (TPSA) is 105 Å². The lowest BCUT2D eigenvalue weighted by molar-refractivity contribution is -0.129. The van der Waals surface area contributed by atoms with Crippen molar-refractivity contribution in [2.45, 2.75) is 17.9 Å². The van der Waals surface area contributed by atoms with E-state index in [9.17, 15) is 13.2 Å². The normalized spacial score (nSPS) is 13.1. The Kier molecular flexibility index (Phi) is 4.17. The van der Waals surface area contributed by atoms with Gasteiger partial charge in [-0.15, -0.1) is 0 Å². The van der Waals surface area contributed by atoms with Gasteiger partial charge in [-0.1, -0.05) is 0 Å². The van der Waals surface area contributed by atoms with Crippen molar-refractivity contribution < 1.29 is 13.2 Å². The molecule has 0 aliphatic heterocycles. The molecule has 102 valence electrons. The van der Waals surface area contributed by atoms with Crippen molar-refractivity contribution in [1.82, 2.24) is 9.27 Å². The number of carbonyl (C=O) groups excluding carboxylic acids is 1. The molecule has 1 amide bonds. The third-order valence-electron chi connectivity index (χ3n) is 2.20. The summed E-state index contributed by atoms with van der Waals surface area (Å²) in [6.45, 7) is 1.64. The number of hydrogen-bond donors (Lipinski definition) is 2. The van der Waals surface area contributed by atoms with E-state index in [2.05, 4.69) is 9.69 Å². The number of amides is 1. The summed E-state index contributed by atoms with van der Waals surface area (Å²) in [5, 5.41) is 3.11. The maximum absolute atomic E-state index is 11.7. The molecule has 7 nitrogen and oxygen atoms in total. The van der Waals surface area contributed by atoms with Crippen LogP contribution in [0.15, 0.2) is 4.90 Å². The van der Waals surface area contributed by atoms with Crippen molar-refractivity contribution in [3.63, 3.8) is 0 Å². The highest BCUT2D eigenvalue weighted by Crippen LogP contribution is 2.31. The van der Waals surface area contributed by atoms with Gasteiger partial charge in [0.25, 0.3) is 0 Å². The molecule has 0 spiro atoms. The summed E-state index contributed by atoms with van der Waals surface area (Å²) in [6.07, 6.45) is 1.05. The highest BCUT2D eigenvalue weighted by atomic mass is 32.2. The van der Waals surface area contributed by atoms with Gasteiger partial charge in [0.05, 0.1) is 0 Å². The number of nitrogens with zero attached hydrogens (tertiary/aromatic N) is 2. The molecule has 0 saturated heterocycles. The Balaban J connectivity index is 3.04. The highest BCUT2D eigenvalue weighted by Gasteiger charge is 2.24. The van der Waals surface area contributed by atoms with Crippen molar-refractivity contribution in [3.8, 4) is 0 Å². The largest absolute Gasteiger partial charge is 0.382 e. The van der Waals surface area contributed by atoms with Crippen LogP contribution < -0.4 is 11.1 Å². The van der Waals surface area contributed by atoms with E-state index in [1.54, 1.807) is 21.0 Å². The molecule has 0 bridgehead atoms. The van der Waals surface area contributed by atoms with Crippen LogP contribution in [0.2, 0.25) is 0 Å². The second-order valence-corrected chi connectivity index (χ2v) is 6.82. The third kappa shape index (κ3) is 3.10. The molecule has 1 aromatic heterocycles. The number of nitrogens with one attached hydrogen (secondary N) is 1. The first kappa shape index (κ1) is 14.7. The fourth-order valence-corrected chi connectivity index (χ4v) is 3.53. The number of nitrogens with two attached hydrogens (primary N) is 1. The number of likely N-dealkylation sites (N-methyl/N-ethyl adjacent to an activating group) is 1. The fourth-order valence-electron chi connectivity index (χ4n) is 1.39. The minimum Gasteiger partial charge on any atom is -0.382 e. The van der Waals surface area contributed by atoms with E-state index in [1.165, 1.54) is 4.90 Å².